The zero-order chi connectivity index (χ0) is 40.9. The van der Waals surface area contributed by atoms with Crippen LogP contribution >= 0.6 is 7.82 Å². The first-order valence-corrected chi connectivity index (χ1v) is 22.6. The molecule has 0 saturated carbocycles. The molecule has 10 nitrogen and oxygen atoms in total. The van der Waals surface area contributed by atoms with Crippen LogP contribution in [0.2, 0.25) is 0 Å². The molecule has 0 radical (unpaired) electrons. The lowest BCUT2D eigenvalue weighted by Crippen LogP contribution is -2.37. The van der Waals surface area contributed by atoms with Gasteiger partial charge in [-0.2, -0.15) is 0 Å². The number of phosphoric ester groups is 1. The van der Waals surface area contributed by atoms with E-state index in [2.05, 4.69) is 44.2 Å². The van der Waals surface area contributed by atoms with Crippen LogP contribution in [-0.2, 0) is 32.7 Å². The van der Waals surface area contributed by atoms with E-state index in [4.69, 9.17) is 18.5 Å². The Balaban J connectivity index is 4.60. The van der Waals surface area contributed by atoms with Crippen molar-refractivity contribution >= 4 is 19.8 Å². The van der Waals surface area contributed by atoms with Crippen LogP contribution in [-0.4, -0.2) is 81.2 Å². The van der Waals surface area contributed by atoms with Crippen molar-refractivity contribution in [1.82, 2.24) is 0 Å². The molecule has 0 fully saturated rings. The van der Waals surface area contributed by atoms with Gasteiger partial charge in [-0.05, 0) is 70.6 Å². The normalized spacial score (nSPS) is 14.8. The summed E-state index contributed by atoms with van der Waals surface area (Å²) in [6, 6.07) is 0. The quantitative estimate of drug-likeness (QED) is 0.0163. The number of ether oxygens (including phenoxy) is 2. The number of unbranched alkanes of at least 4 members (excludes halogenated alkanes) is 13. The number of rotatable bonds is 37. The molecule has 318 valence electrons. The third-order valence-electron chi connectivity index (χ3n) is 8.59. The van der Waals surface area contributed by atoms with Crippen LogP contribution in [0.3, 0.4) is 0 Å². The standard InChI is InChI=1S/C44H78NO9P/c1-6-8-10-12-14-16-18-19-20-22-24-26-31-35-43(47)51-39-42(40-53-55(49,50)52-38-37-45(3,4)5)54-44(48)36-32-28-27-30-34-41(46)33-29-25-23-21-17-15-13-11-9-7-2/h15-18,23,25,27,29-30,33,41-42,46H,6-14,19-22,24,26,28,31-32,34-40H2,1-5H3/b17-15-,18-16-,25-23-,30-27-,33-29-. The van der Waals surface area contributed by atoms with Gasteiger partial charge in [0, 0.05) is 12.8 Å². The highest BCUT2D eigenvalue weighted by atomic mass is 31.2. The van der Waals surface area contributed by atoms with Crippen molar-refractivity contribution in [2.75, 3.05) is 47.5 Å². The Morgan fingerprint density at radius 1 is 0.673 bits per heavy atom. The van der Waals surface area contributed by atoms with Gasteiger partial charge in [-0.15, -0.1) is 0 Å². The molecule has 55 heavy (non-hydrogen) atoms. The van der Waals surface area contributed by atoms with Gasteiger partial charge in [-0.3, -0.25) is 14.2 Å². The molecule has 0 saturated heterocycles. The van der Waals surface area contributed by atoms with Gasteiger partial charge >= 0.3 is 11.9 Å². The van der Waals surface area contributed by atoms with E-state index in [9.17, 15) is 24.2 Å². The molecule has 0 aromatic carbocycles. The molecule has 0 aliphatic rings. The number of nitrogens with zero attached hydrogens (tertiary/aromatic N) is 1. The number of aliphatic hydroxyl groups is 1. The van der Waals surface area contributed by atoms with Crippen molar-refractivity contribution < 1.29 is 47.2 Å². The third kappa shape index (κ3) is 39.7. The molecule has 0 amide bonds. The number of carbonyl (C=O) groups is 2. The minimum Gasteiger partial charge on any atom is -0.756 e. The topological polar surface area (TPSA) is 131 Å². The lowest BCUT2D eigenvalue weighted by molar-refractivity contribution is -0.870. The van der Waals surface area contributed by atoms with Gasteiger partial charge in [0.1, 0.15) is 19.8 Å². The van der Waals surface area contributed by atoms with Crippen LogP contribution in [0.1, 0.15) is 149 Å². The summed E-state index contributed by atoms with van der Waals surface area (Å²) in [6.07, 6.45) is 38.5. The first-order valence-electron chi connectivity index (χ1n) is 21.1. The third-order valence-corrected chi connectivity index (χ3v) is 9.55. The van der Waals surface area contributed by atoms with Gasteiger partial charge in [0.05, 0.1) is 33.9 Å². The number of likely N-dealkylation sites (N-methyl/N-ethyl adjacent to an activating group) is 1. The Kier molecular flexibility index (Phi) is 34.5. The van der Waals surface area contributed by atoms with Crippen molar-refractivity contribution in [3.05, 3.63) is 60.8 Å². The molecule has 0 bridgehead atoms. The summed E-state index contributed by atoms with van der Waals surface area (Å²) in [5.74, 6) is -0.985. The van der Waals surface area contributed by atoms with Crippen molar-refractivity contribution in [2.24, 2.45) is 0 Å². The van der Waals surface area contributed by atoms with Gasteiger partial charge in [-0.25, -0.2) is 0 Å². The number of hydrogen-bond donors (Lipinski definition) is 1. The molecule has 0 aromatic rings. The van der Waals surface area contributed by atoms with Crippen LogP contribution in [0.5, 0.6) is 0 Å². The molecule has 3 unspecified atom stereocenters. The zero-order valence-corrected chi connectivity index (χ0v) is 36.1. The van der Waals surface area contributed by atoms with E-state index in [-0.39, 0.29) is 26.1 Å². The second-order valence-electron chi connectivity index (χ2n) is 15.2. The van der Waals surface area contributed by atoms with Crippen molar-refractivity contribution in [2.45, 2.75) is 161 Å². The van der Waals surface area contributed by atoms with Crippen LogP contribution in [0.25, 0.3) is 0 Å². The second kappa shape index (κ2) is 36.0. The van der Waals surface area contributed by atoms with Gasteiger partial charge in [0.25, 0.3) is 7.82 Å². The fraction of sp³-hybridized carbons (Fsp3) is 0.727. The van der Waals surface area contributed by atoms with E-state index in [0.29, 0.717) is 36.7 Å². The Labute approximate surface area is 335 Å². The smallest absolute Gasteiger partial charge is 0.306 e. The largest absolute Gasteiger partial charge is 0.756 e. The predicted octanol–water partition coefficient (Wildman–Crippen LogP) is 10.0. The second-order valence-corrected chi connectivity index (χ2v) is 16.6. The van der Waals surface area contributed by atoms with Crippen LogP contribution in [0, 0.1) is 0 Å². The first kappa shape index (κ1) is 52.7. The fourth-order valence-corrected chi connectivity index (χ4v) is 5.92. The summed E-state index contributed by atoms with van der Waals surface area (Å²) in [7, 11) is 1.06. The van der Waals surface area contributed by atoms with E-state index in [1.165, 1.54) is 44.9 Å². The average molecular weight is 796 g/mol. The van der Waals surface area contributed by atoms with Gasteiger partial charge in [0.15, 0.2) is 6.10 Å². The monoisotopic (exact) mass is 796 g/mol. The summed E-state index contributed by atoms with van der Waals surface area (Å²) in [4.78, 5) is 37.4. The number of esters is 2. The Morgan fingerprint density at radius 2 is 1.24 bits per heavy atom. The molecule has 11 heteroatoms. The summed E-state index contributed by atoms with van der Waals surface area (Å²) < 4.78 is 33.7. The average Bonchev–Trinajstić information content (AvgIpc) is 3.13. The molecule has 0 heterocycles. The minimum atomic E-state index is -4.66. The zero-order valence-electron chi connectivity index (χ0n) is 35.2. The number of allylic oxidation sites excluding steroid dienone is 8. The predicted molar refractivity (Wildman–Crippen MR) is 223 cm³/mol. The Bertz CT molecular complexity index is 1140. The highest BCUT2D eigenvalue weighted by Gasteiger charge is 2.21. The number of phosphoric acid groups is 1. The minimum absolute atomic E-state index is 0.0610. The van der Waals surface area contributed by atoms with Gasteiger partial charge < -0.3 is 33.0 Å². The summed E-state index contributed by atoms with van der Waals surface area (Å²) in [5.41, 5.74) is 0. The number of carbonyl (C=O) groups excluding carboxylic acids is 2. The molecule has 0 aliphatic heterocycles. The van der Waals surface area contributed by atoms with E-state index in [1.807, 2.05) is 45.4 Å². The van der Waals surface area contributed by atoms with Crippen LogP contribution in [0.4, 0.5) is 0 Å². The number of aliphatic hydroxyl groups excluding tert-OH is 1. The Morgan fingerprint density at radius 3 is 1.93 bits per heavy atom. The van der Waals surface area contributed by atoms with E-state index in [1.54, 1.807) is 6.08 Å². The summed E-state index contributed by atoms with van der Waals surface area (Å²) in [5, 5.41) is 10.2. The van der Waals surface area contributed by atoms with Crippen molar-refractivity contribution in [1.29, 1.82) is 0 Å². The number of hydrogen-bond acceptors (Lipinski definition) is 9. The van der Waals surface area contributed by atoms with E-state index < -0.39 is 38.6 Å². The van der Waals surface area contributed by atoms with Gasteiger partial charge in [0.2, 0.25) is 0 Å². The highest BCUT2D eigenvalue weighted by molar-refractivity contribution is 7.45. The molecule has 3 atom stereocenters. The first-order chi connectivity index (χ1) is 26.4. The fourth-order valence-electron chi connectivity index (χ4n) is 5.19. The summed E-state index contributed by atoms with van der Waals surface area (Å²) >= 11 is 0. The molecular formula is C44H78NO9P. The van der Waals surface area contributed by atoms with Gasteiger partial charge in [-0.1, -0.05) is 126 Å². The van der Waals surface area contributed by atoms with E-state index in [0.717, 1.165) is 51.4 Å². The molecular weight excluding hydrogens is 717 g/mol. The summed E-state index contributed by atoms with van der Waals surface area (Å²) in [6.45, 7) is 3.97. The maximum atomic E-state index is 12.6. The van der Waals surface area contributed by atoms with E-state index >= 15 is 0 Å². The molecule has 0 aliphatic carbocycles. The number of quaternary nitrogens is 1. The SMILES string of the molecule is CCCCC/C=C\C/C=C\C=C/C(O)C/C=C\CCCC(=O)OC(COC(=O)CCCCCCC/C=C\CCCCCC)COP(=O)([O-])OCC[N+](C)(C)C. The lowest BCUT2D eigenvalue weighted by atomic mass is 10.1. The molecule has 1 N–H and O–H groups in total. The highest BCUT2D eigenvalue weighted by Crippen LogP contribution is 2.38. The molecule has 0 rings (SSSR count). The maximum absolute atomic E-state index is 12.6. The Hall–Kier alpha value is -2.33. The lowest BCUT2D eigenvalue weighted by Gasteiger charge is -2.28. The van der Waals surface area contributed by atoms with Crippen LogP contribution in [0.15, 0.2) is 60.8 Å². The van der Waals surface area contributed by atoms with Crippen molar-refractivity contribution in [3.8, 4) is 0 Å². The molecule has 0 aromatic heterocycles. The maximum Gasteiger partial charge on any atom is 0.306 e. The molecule has 0 spiro atoms. The van der Waals surface area contributed by atoms with Crippen molar-refractivity contribution in [3.63, 3.8) is 0 Å². The van der Waals surface area contributed by atoms with Crippen LogP contribution < -0.4 is 4.89 Å².